The van der Waals surface area contributed by atoms with Crippen molar-refractivity contribution >= 4 is 11.6 Å². The van der Waals surface area contributed by atoms with Gasteiger partial charge in [0.15, 0.2) is 0 Å². The molecule has 0 unspecified atom stereocenters. The fraction of sp³-hybridized carbons (Fsp3) is 0.400. The predicted octanol–water partition coefficient (Wildman–Crippen LogP) is 4.64. The number of carbonyl (C=O) groups excluding carboxylic acids is 1. The standard InChI is InChI=1S/C20H26N2O/c1-6-15-10-9-11-16(7-2)19(15)22-20(23)18-14(5)21-13(4)12-17(18)8-3/h9-12H,6-8H2,1-5H3,(H,22,23). The molecular formula is C20H26N2O. The van der Waals surface area contributed by atoms with E-state index in [-0.39, 0.29) is 5.91 Å². The zero-order valence-electron chi connectivity index (χ0n) is 14.8. The molecule has 0 radical (unpaired) electrons. The minimum atomic E-state index is -0.0533. The molecule has 0 fully saturated rings. The highest BCUT2D eigenvalue weighted by molar-refractivity contribution is 6.06. The van der Waals surface area contributed by atoms with Gasteiger partial charge in [0.05, 0.1) is 11.3 Å². The van der Waals surface area contributed by atoms with Gasteiger partial charge in [0.1, 0.15) is 0 Å². The summed E-state index contributed by atoms with van der Waals surface area (Å²) in [6.07, 6.45) is 2.62. The molecular weight excluding hydrogens is 284 g/mol. The molecule has 0 saturated heterocycles. The van der Waals surface area contributed by atoms with E-state index in [1.54, 1.807) is 0 Å². The van der Waals surface area contributed by atoms with E-state index in [2.05, 4.69) is 49.3 Å². The monoisotopic (exact) mass is 310 g/mol. The number of carbonyl (C=O) groups is 1. The van der Waals surface area contributed by atoms with E-state index >= 15 is 0 Å². The average Bonchev–Trinajstić information content (AvgIpc) is 2.53. The molecule has 0 atom stereocenters. The maximum atomic E-state index is 12.9. The molecule has 23 heavy (non-hydrogen) atoms. The van der Waals surface area contributed by atoms with Gasteiger partial charge in [-0.1, -0.05) is 39.0 Å². The molecule has 1 aromatic carbocycles. The third-order valence-electron chi connectivity index (χ3n) is 4.26. The first kappa shape index (κ1) is 17.2. The predicted molar refractivity (Wildman–Crippen MR) is 96.2 cm³/mol. The number of hydrogen-bond donors (Lipinski definition) is 1. The number of para-hydroxylation sites is 1. The molecule has 2 aromatic rings. The van der Waals surface area contributed by atoms with E-state index in [4.69, 9.17) is 0 Å². The van der Waals surface area contributed by atoms with Crippen LogP contribution in [-0.4, -0.2) is 10.9 Å². The van der Waals surface area contributed by atoms with Gasteiger partial charge in [-0.25, -0.2) is 0 Å². The molecule has 1 N–H and O–H groups in total. The summed E-state index contributed by atoms with van der Waals surface area (Å²) in [7, 11) is 0. The van der Waals surface area contributed by atoms with Gasteiger partial charge >= 0.3 is 0 Å². The number of amides is 1. The summed E-state index contributed by atoms with van der Waals surface area (Å²) in [6.45, 7) is 10.2. The van der Waals surface area contributed by atoms with Crippen LogP contribution in [0.1, 0.15) is 59.2 Å². The van der Waals surface area contributed by atoms with E-state index in [9.17, 15) is 4.79 Å². The van der Waals surface area contributed by atoms with Gasteiger partial charge < -0.3 is 5.32 Å². The number of pyridine rings is 1. The number of hydrogen-bond acceptors (Lipinski definition) is 2. The molecule has 122 valence electrons. The number of nitrogens with zero attached hydrogens (tertiary/aromatic N) is 1. The molecule has 1 aromatic heterocycles. The Bertz CT molecular complexity index is 698. The summed E-state index contributed by atoms with van der Waals surface area (Å²) in [5.41, 5.74) is 6.84. The Kier molecular flexibility index (Phi) is 5.54. The van der Waals surface area contributed by atoms with Crippen molar-refractivity contribution in [2.24, 2.45) is 0 Å². The van der Waals surface area contributed by atoms with E-state index in [1.165, 1.54) is 11.1 Å². The largest absolute Gasteiger partial charge is 0.321 e. The van der Waals surface area contributed by atoms with Crippen LogP contribution in [0.3, 0.4) is 0 Å². The molecule has 3 heteroatoms. The fourth-order valence-electron chi connectivity index (χ4n) is 3.08. The SMILES string of the molecule is CCc1cccc(CC)c1NC(=O)c1c(CC)cc(C)nc1C. The third kappa shape index (κ3) is 3.61. The van der Waals surface area contributed by atoms with Gasteiger partial charge in [0.2, 0.25) is 0 Å². The topological polar surface area (TPSA) is 42.0 Å². The minimum Gasteiger partial charge on any atom is -0.321 e. The van der Waals surface area contributed by atoms with Crippen molar-refractivity contribution in [2.75, 3.05) is 5.32 Å². The summed E-state index contributed by atoms with van der Waals surface area (Å²) in [5, 5.41) is 3.15. The van der Waals surface area contributed by atoms with Crippen LogP contribution in [0.15, 0.2) is 24.3 Å². The minimum absolute atomic E-state index is 0.0533. The molecule has 1 amide bonds. The van der Waals surface area contributed by atoms with E-state index in [0.717, 1.165) is 41.9 Å². The van der Waals surface area contributed by atoms with Crippen LogP contribution in [0.5, 0.6) is 0 Å². The number of nitrogens with one attached hydrogen (secondary N) is 1. The highest BCUT2D eigenvalue weighted by Gasteiger charge is 2.17. The quantitative estimate of drug-likeness (QED) is 0.874. The zero-order valence-corrected chi connectivity index (χ0v) is 14.8. The lowest BCUT2D eigenvalue weighted by molar-refractivity contribution is 0.102. The molecule has 2 rings (SSSR count). The lowest BCUT2D eigenvalue weighted by atomic mass is 10.00. The number of benzene rings is 1. The molecule has 1 heterocycles. The molecule has 0 aliphatic heterocycles. The van der Waals surface area contributed by atoms with Gasteiger partial charge in [0, 0.05) is 11.4 Å². The normalized spacial score (nSPS) is 10.7. The molecule has 0 bridgehead atoms. The Labute approximate surface area is 139 Å². The van der Waals surface area contributed by atoms with Crippen LogP contribution in [0.4, 0.5) is 5.69 Å². The lowest BCUT2D eigenvalue weighted by Gasteiger charge is -2.17. The number of anilines is 1. The van der Waals surface area contributed by atoms with Gasteiger partial charge in [-0.3, -0.25) is 9.78 Å². The van der Waals surface area contributed by atoms with Crippen molar-refractivity contribution in [3.8, 4) is 0 Å². The average molecular weight is 310 g/mol. The van der Waals surface area contributed by atoms with Crippen molar-refractivity contribution in [1.29, 1.82) is 0 Å². The van der Waals surface area contributed by atoms with Crippen molar-refractivity contribution in [3.63, 3.8) is 0 Å². The molecule has 3 nitrogen and oxygen atoms in total. The lowest BCUT2D eigenvalue weighted by Crippen LogP contribution is -2.19. The van der Waals surface area contributed by atoms with Crippen molar-refractivity contribution in [2.45, 2.75) is 53.9 Å². The Morgan fingerprint density at radius 3 is 2.09 bits per heavy atom. The Morgan fingerprint density at radius 1 is 1.00 bits per heavy atom. The van der Waals surface area contributed by atoms with Gasteiger partial charge in [-0.2, -0.15) is 0 Å². The highest BCUT2D eigenvalue weighted by Crippen LogP contribution is 2.24. The van der Waals surface area contributed by atoms with Crippen molar-refractivity contribution in [3.05, 3.63) is 57.9 Å². The number of rotatable bonds is 5. The molecule has 0 spiro atoms. The van der Waals surface area contributed by atoms with Gasteiger partial charge in [0.25, 0.3) is 5.91 Å². The highest BCUT2D eigenvalue weighted by atomic mass is 16.1. The first-order valence-electron chi connectivity index (χ1n) is 8.40. The van der Waals surface area contributed by atoms with Crippen molar-refractivity contribution < 1.29 is 4.79 Å². The van der Waals surface area contributed by atoms with E-state index in [0.29, 0.717) is 5.56 Å². The second kappa shape index (κ2) is 7.40. The maximum absolute atomic E-state index is 12.9. The Morgan fingerprint density at radius 2 is 1.57 bits per heavy atom. The summed E-state index contributed by atoms with van der Waals surface area (Å²) < 4.78 is 0. The second-order valence-corrected chi connectivity index (χ2v) is 5.85. The Balaban J connectivity index is 2.45. The summed E-state index contributed by atoms with van der Waals surface area (Å²) >= 11 is 0. The summed E-state index contributed by atoms with van der Waals surface area (Å²) in [5.74, 6) is -0.0533. The smallest absolute Gasteiger partial charge is 0.257 e. The van der Waals surface area contributed by atoms with Gasteiger partial charge in [-0.05, 0) is 55.9 Å². The molecule has 0 saturated carbocycles. The molecule has 0 aliphatic carbocycles. The second-order valence-electron chi connectivity index (χ2n) is 5.85. The van der Waals surface area contributed by atoms with Crippen LogP contribution in [-0.2, 0) is 19.3 Å². The first-order chi connectivity index (χ1) is 11.0. The number of aromatic nitrogens is 1. The van der Waals surface area contributed by atoms with Crippen LogP contribution < -0.4 is 5.32 Å². The number of aryl methyl sites for hydroxylation is 5. The van der Waals surface area contributed by atoms with Crippen LogP contribution in [0.2, 0.25) is 0 Å². The molecule has 0 aliphatic rings. The Hall–Kier alpha value is -2.16. The first-order valence-corrected chi connectivity index (χ1v) is 8.40. The third-order valence-corrected chi connectivity index (χ3v) is 4.26. The van der Waals surface area contributed by atoms with Crippen LogP contribution in [0.25, 0.3) is 0 Å². The fourth-order valence-corrected chi connectivity index (χ4v) is 3.08. The maximum Gasteiger partial charge on any atom is 0.257 e. The van der Waals surface area contributed by atoms with E-state index in [1.807, 2.05) is 19.9 Å². The zero-order chi connectivity index (χ0) is 17.0. The van der Waals surface area contributed by atoms with Crippen LogP contribution >= 0.6 is 0 Å². The van der Waals surface area contributed by atoms with Crippen molar-refractivity contribution in [1.82, 2.24) is 4.98 Å². The summed E-state index contributed by atoms with van der Waals surface area (Å²) in [6, 6.07) is 8.23. The van der Waals surface area contributed by atoms with Gasteiger partial charge in [-0.15, -0.1) is 0 Å². The van der Waals surface area contributed by atoms with E-state index < -0.39 is 0 Å². The summed E-state index contributed by atoms with van der Waals surface area (Å²) in [4.78, 5) is 17.4. The van der Waals surface area contributed by atoms with Crippen LogP contribution in [0, 0.1) is 13.8 Å².